The lowest BCUT2D eigenvalue weighted by Crippen LogP contribution is -2.55. The van der Waals surface area contributed by atoms with Crippen LogP contribution in [-0.2, 0) is 4.79 Å². The van der Waals surface area contributed by atoms with Crippen LogP contribution in [0.4, 0.5) is 0 Å². The van der Waals surface area contributed by atoms with E-state index in [1.165, 1.54) is 19.3 Å². The number of hydrogen-bond donors (Lipinski definition) is 2. The molecular formula is C24H32O3. The minimum Gasteiger partial charge on any atom is -0.392 e. The third kappa shape index (κ3) is 1.93. The summed E-state index contributed by atoms with van der Waals surface area (Å²) in [4.78, 5) is 12.1. The highest BCUT2D eigenvalue weighted by molar-refractivity contribution is 5.83. The first-order valence-electron chi connectivity index (χ1n) is 11.3. The number of fused-ring (bicyclic) bond motifs is 9. The molecule has 0 amide bonds. The summed E-state index contributed by atoms with van der Waals surface area (Å²) in [5.41, 5.74) is 2.53. The molecule has 6 rings (SSSR count). The van der Waals surface area contributed by atoms with Crippen molar-refractivity contribution in [2.75, 3.05) is 6.61 Å². The van der Waals surface area contributed by atoms with Gasteiger partial charge < -0.3 is 10.2 Å². The Labute approximate surface area is 161 Å². The molecule has 3 unspecified atom stereocenters. The van der Waals surface area contributed by atoms with Gasteiger partial charge in [-0.3, -0.25) is 4.79 Å². The van der Waals surface area contributed by atoms with Gasteiger partial charge >= 0.3 is 0 Å². The van der Waals surface area contributed by atoms with E-state index in [1.807, 2.05) is 6.08 Å². The molecule has 0 aliphatic heterocycles. The van der Waals surface area contributed by atoms with Crippen molar-refractivity contribution >= 4 is 5.78 Å². The fourth-order valence-electron chi connectivity index (χ4n) is 8.91. The second-order valence-corrected chi connectivity index (χ2v) is 10.4. The van der Waals surface area contributed by atoms with Crippen LogP contribution in [0, 0.1) is 46.8 Å². The van der Waals surface area contributed by atoms with Crippen molar-refractivity contribution in [1.29, 1.82) is 0 Å². The van der Waals surface area contributed by atoms with Crippen LogP contribution in [0.25, 0.3) is 0 Å². The van der Waals surface area contributed by atoms with Crippen LogP contribution >= 0.6 is 0 Å². The van der Waals surface area contributed by atoms with Crippen LogP contribution in [0.2, 0.25) is 0 Å². The summed E-state index contributed by atoms with van der Waals surface area (Å²) in [6.07, 6.45) is 12.1. The van der Waals surface area contributed by atoms with Gasteiger partial charge in [-0.15, -0.1) is 0 Å². The number of ketones is 1. The van der Waals surface area contributed by atoms with E-state index in [4.69, 9.17) is 0 Å². The average Bonchev–Trinajstić information content (AvgIpc) is 3.58. The van der Waals surface area contributed by atoms with Gasteiger partial charge in [-0.25, -0.2) is 0 Å². The third-order valence-electron chi connectivity index (χ3n) is 9.89. The zero-order valence-corrected chi connectivity index (χ0v) is 16.4. The molecule has 0 spiro atoms. The molecule has 146 valence electrons. The molecule has 0 aromatic rings. The number of rotatable bonds is 3. The van der Waals surface area contributed by atoms with Crippen molar-refractivity contribution in [3.8, 4) is 0 Å². The van der Waals surface area contributed by atoms with Crippen molar-refractivity contribution in [3.63, 3.8) is 0 Å². The number of allylic oxidation sites excluding steroid dienone is 2. The minimum absolute atomic E-state index is 0.00308. The maximum absolute atomic E-state index is 12.1. The second kappa shape index (κ2) is 5.36. The molecule has 3 heteroatoms. The molecular weight excluding hydrogens is 336 g/mol. The normalized spacial score (nSPS) is 54.9. The standard InChI is InChI=1S/C24H32O3/c1-2-23-8-6-15-14-5-4-13(26)10-16(14)17-11-18(17)21(15)22(23)19-12-20(19)24(23,27)7-3-9-25/h3,7,15,17-22,25,27H,2,4-6,8-12H2,1H3/t15?,17-,18-,19+,20-,21?,22?,23-,24-/m0/s1. The van der Waals surface area contributed by atoms with Crippen molar-refractivity contribution in [2.24, 2.45) is 46.8 Å². The Kier molecular flexibility index (Phi) is 3.37. The zero-order chi connectivity index (χ0) is 18.6. The number of hydrogen-bond acceptors (Lipinski definition) is 3. The summed E-state index contributed by atoms with van der Waals surface area (Å²) in [5.74, 6) is 5.08. The number of aliphatic hydroxyl groups is 2. The summed E-state index contributed by atoms with van der Waals surface area (Å²) in [5, 5.41) is 21.2. The van der Waals surface area contributed by atoms with Crippen molar-refractivity contribution in [2.45, 2.75) is 63.9 Å². The first kappa shape index (κ1) is 17.0. The molecule has 3 nitrogen and oxygen atoms in total. The Bertz CT molecular complexity index is 766. The number of aliphatic hydroxyl groups excluding tert-OH is 1. The van der Waals surface area contributed by atoms with Crippen LogP contribution in [0.3, 0.4) is 0 Å². The number of carbonyl (C=O) groups is 1. The summed E-state index contributed by atoms with van der Waals surface area (Å²) < 4.78 is 0. The molecule has 27 heavy (non-hydrogen) atoms. The average molecular weight is 369 g/mol. The predicted octanol–water partition coefficient (Wildman–Crippen LogP) is 3.65. The molecule has 0 radical (unpaired) electrons. The van der Waals surface area contributed by atoms with Gasteiger partial charge in [-0.2, -0.15) is 0 Å². The van der Waals surface area contributed by atoms with Crippen LogP contribution in [0.15, 0.2) is 23.3 Å². The van der Waals surface area contributed by atoms with Gasteiger partial charge in [0.05, 0.1) is 12.2 Å². The summed E-state index contributed by atoms with van der Waals surface area (Å²) in [6.45, 7) is 2.30. The van der Waals surface area contributed by atoms with E-state index < -0.39 is 5.60 Å². The highest BCUT2D eigenvalue weighted by Crippen LogP contribution is 2.79. The Morgan fingerprint density at radius 3 is 2.78 bits per heavy atom. The van der Waals surface area contributed by atoms with E-state index in [0.29, 0.717) is 35.4 Å². The fraction of sp³-hybridized carbons (Fsp3) is 0.792. The van der Waals surface area contributed by atoms with Crippen LogP contribution < -0.4 is 0 Å². The molecule has 2 N–H and O–H groups in total. The monoisotopic (exact) mass is 368 g/mol. The van der Waals surface area contributed by atoms with Gasteiger partial charge in [-0.05, 0) is 80.0 Å². The Balaban J connectivity index is 1.42. The first-order valence-corrected chi connectivity index (χ1v) is 11.3. The van der Waals surface area contributed by atoms with Crippen LogP contribution in [0.5, 0.6) is 0 Å². The molecule has 0 bridgehead atoms. The van der Waals surface area contributed by atoms with Gasteiger partial charge in [0.25, 0.3) is 0 Å². The van der Waals surface area contributed by atoms with E-state index in [0.717, 1.165) is 43.9 Å². The van der Waals surface area contributed by atoms with E-state index >= 15 is 0 Å². The lowest BCUT2D eigenvalue weighted by molar-refractivity contribution is -0.121. The smallest absolute Gasteiger partial charge is 0.137 e. The SMILES string of the molecule is CC[C@]12CCC3C4=C(CC(=O)CC4)[C@@H]4C[C@@H]4C3C1[C@@H]1C[C@@H]1[C@@]2(O)C=CCO. The van der Waals surface area contributed by atoms with E-state index in [9.17, 15) is 15.0 Å². The van der Waals surface area contributed by atoms with Crippen LogP contribution in [0.1, 0.15) is 58.3 Å². The predicted molar refractivity (Wildman–Crippen MR) is 103 cm³/mol. The van der Waals surface area contributed by atoms with Gasteiger partial charge in [0, 0.05) is 18.3 Å². The Morgan fingerprint density at radius 1 is 1.15 bits per heavy atom. The highest BCUT2D eigenvalue weighted by atomic mass is 16.3. The van der Waals surface area contributed by atoms with Crippen molar-refractivity contribution in [3.05, 3.63) is 23.3 Å². The maximum atomic E-state index is 12.1. The Morgan fingerprint density at radius 2 is 2.00 bits per heavy atom. The molecule has 4 fully saturated rings. The maximum Gasteiger partial charge on any atom is 0.137 e. The van der Waals surface area contributed by atoms with Crippen molar-refractivity contribution < 1.29 is 15.0 Å². The van der Waals surface area contributed by atoms with Crippen molar-refractivity contribution in [1.82, 2.24) is 0 Å². The van der Waals surface area contributed by atoms with Gasteiger partial charge in [-0.1, -0.05) is 30.2 Å². The fourth-order valence-corrected chi connectivity index (χ4v) is 8.91. The minimum atomic E-state index is -0.716. The molecule has 0 aromatic carbocycles. The number of Topliss-reactive ketones (excluding diaryl/α,β-unsaturated/α-hetero) is 1. The molecule has 0 aromatic heterocycles. The zero-order valence-electron chi connectivity index (χ0n) is 16.4. The summed E-state index contributed by atoms with van der Waals surface area (Å²) in [7, 11) is 0. The molecule has 6 aliphatic carbocycles. The largest absolute Gasteiger partial charge is 0.392 e. The topological polar surface area (TPSA) is 57.5 Å². The van der Waals surface area contributed by atoms with Gasteiger partial charge in [0.15, 0.2) is 0 Å². The summed E-state index contributed by atoms with van der Waals surface area (Å²) >= 11 is 0. The summed E-state index contributed by atoms with van der Waals surface area (Å²) in [6, 6.07) is 0. The highest BCUT2D eigenvalue weighted by Gasteiger charge is 2.77. The second-order valence-electron chi connectivity index (χ2n) is 10.4. The van der Waals surface area contributed by atoms with E-state index in [-0.39, 0.29) is 12.0 Å². The van der Waals surface area contributed by atoms with Gasteiger partial charge in [0.1, 0.15) is 5.78 Å². The molecule has 4 saturated carbocycles. The Hall–Kier alpha value is -0.930. The molecule has 0 heterocycles. The van der Waals surface area contributed by atoms with E-state index in [1.54, 1.807) is 17.2 Å². The quantitative estimate of drug-likeness (QED) is 0.748. The molecule has 6 aliphatic rings. The van der Waals surface area contributed by atoms with E-state index in [2.05, 4.69) is 6.92 Å². The number of carbonyl (C=O) groups excluding carboxylic acids is 1. The first-order chi connectivity index (χ1) is 13.1. The van der Waals surface area contributed by atoms with Crippen LogP contribution in [-0.4, -0.2) is 28.2 Å². The lowest BCUT2D eigenvalue weighted by Gasteiger charge is -2.56. The third-order valence-corrected chi connectivity index (χ3v) is 9.89. The molecule has 9 atom stereocenters. The molecule has 0 saturated heterocycles. The van der Waals surface area contributed by atoms with Gasteiger partial charge in [0.2, 0.25) is 0 Å². The lowest BCUT2D eigenvalue weighted by atomic mass is 9.49.